The Labute approximate surface area is 207 Å². The lowest BCUT2D eigenvalue weighted by molar-refractivity contribution is -0.148. The van der Waals surface area contributed by atoms with Gasteiger partial charge >= 0.3 is 6.18 Å². The lowest BCUT2D eigenvalue weighted by Crippen LogP contribution is -2.34. The van der Waals surface area contributed by atoms with E-state index in [1.54, 1.807) is 23.1 Å². The van der Waals surface area contributed by atoms with E-state index in [9.17, 15) is 26.3 Å². The highest BCUT2D eigenvalue weighted by Crippen LogP contribution is 2.35. The van der Waals surface area contributed by atoms with Gasteiger partial charge in [0.15, 0.2) is 11.6 Å². The molecule has 0 aliphatic carbocycles. The molecule has 192 valence electrons. The maximum Gasteiger partial charge on any atom is 0.401 e. The molecule has 0 unspecified atom stereocenters. The maximum absolute atomic E-state index is 13.6. The maximum atomic E-state index is 13.6. The molecule has 1 fully saturated rings. The van der Waals surface area contributed by atoms with E-state index in [2.05, 4.69) is 15.2 Å². The van der Waals surface area contributed by atoms with Crippen LogP contribution >= 0.6 is 11.6 Å². The summed E-state index contributed by atoms with van der Waals surface area (Å²) in [6.07, 6.45) is -6.23. The van der Waals surface area contributed by atoms with Crippen LogP contribution < -0.4 is 4.90 Å². The number of halogens is 7. The first-order chi connectivity index (χ1) is 17.1. The Kier molecular flexibility index (Phi) is 6.58. The highest BCUT2D eigenvalue weighted by atomic mass is 35.5. The van der Waals surface area contributed by atoms with Crippen LogP contribution in [0.25, 0.3) is 5.69 Å². The summed E-state index contributed by atoms with van der Waals surface area (Å²) in [4.78, 5) is 6.86. The van der Waals surface area contributed by atoms with Crippen LogP contribution in [0.15, 0.2) is 30.3 Å². The van der Waals surface area contributed by atoms with E-state index in [1.807, 2.05) is 4.57 Å². The molecular formula is C23H21ClF6N6. The number of hydrogen-bond donors (Lipinski definition) is 0. The highest BCUT2D eigenvalue weighted by Gasteiger charge is 2.35. The first-order valence-electron chi connectivity index (χ1n) is 11.3. The fourth-order valence-electron chi connectivity index (χ4n) is 4.86. The molecule has 0 N–H and O–H groups in total. The zero-order chi connectivity index (χ0) is 25.6. The number of nitrogens with zero attached hydrogens (tertiary/aromatic N) is 6. The second kappa shape index (κ2) is 9.55. The summed E-state index contributed by atoms with van der Waals surface area (Å²) >= 11 is 6.15. The molecule has 36 heavy (non-hydrogen) atoms. The normalized spacial score (nSPS) is 17.3. The van der Waals surface area contributed by atoms with Crippen molar-refractivity contribution in [3.63, 3.8) is 0 Å². The number of piperidine rings is 1. The van der Waals surface area contributed by atoms with Crippen molar-refractivity contribution in [3.05, 3.63) is 64.1 Å². The van der Waals surface area contributed by atoms with Crippen molar-refractivity contribution in [1.82, 2.24) is 24.6 Å². The fourth-order valence-corrected chi connectivity index (χ4v) is 5.06. The lowest BCUT2D eigenvalue weighted by atomic mass is 9.95. The van der Waals surface area contributed by atoms with Gasteiger partial charge in [0, 0.05) is 30.6 Å². The molecule has 0 bridgehead atoms. The number of hydrogen-bond acceptors (Lipinski definition) is 5. The molecule has 5 rings (SSSR count). The van der Waals surface area contributed by atoms with Crippen LogP contribution in [0.5, 0.6) is 0 Å². The van der Waals surface area contributed by atoms with E-state index in [0.717, 1.165) is 6.07 Å². The van der Waals surface area contributed by atoms with E-state index in [4.69, 9.17) is 11.6 Å². The number of anilines is 1. The Bertz CT molecular complexity index is 1250. The minimum absolute atomic E-state index is 0.0342. The summed E-state index contributed by atoms with van der Waals surface area (Å²) in [6.45, 7) is -0.151. The molecule has 0 amide bonds. The molecule has 0 atom stereocenters. The van der Waals surface area contributed by atoms with Gasteiger partial charge in [0.25, 0.3) is 6.43 Å². The molecule has 6 nitrogen and oxygen atoms in total. The largest absolute Gasteiger partial charge is 0.401 e. The smallest absolute Gasteiger partial charge is 0.357 e. The standard InChI is InChI=1S/C23H21ClF6N6/c24-15-1-3-17-14(9-15)10-34(12-23(28,29)30)11-19-32-33-22(36(17)19)13-5-7-35(8-6-13)18-4-2-16(25)20(31-18)21(26)27/h1-4,9,13,21H,5-8,10-12H2. The molecule has 3 aromatic rings. The summed E-state index contributed by atoms with van der Waals surface area (Å²) < 4.78 is 81.1. The summed E-state index contributed by atoms with van der Waals surface area (Å²) in [5.41, 5.74) is 0.443. The van der Waals surface area contributed by atoms with Gasteiger partial charge in [-0.3, -0.25) is 9.47 Å². The number of alkyl halides is 5. The molecule has 2 aliphatic heterocycles. The number of aromatic nitrogens is 4. The van der Waals surface area contributed by atoms with Crippen LogP contribution in [0.2, 0.25) is 5.02 Å². The van der Waals surface area contributed by atoms with E-state index < -0.39 is 30.7 Å². The number of pyridine rings is 1. The quantitative estimate of drug-likeness (QED) is 0.408. The fraction of sp³-hybridized carbons (Fsp3) is 0.435. The highest BCUT2D eigenvalue weighted by molar-refractivity contribution is 6.30. The molecule has 0 spiro atoms. The van der Waals surface area contributed by atoms with Crippen LogP contribution in [0.4, 0.5) is 32.2 Å². The summed E-state index contributed by atoms with van der Waals surface area (Å²) in [7, 11) is 0. The minimum atomic E-state index is -4.37. The van der Waals surface area contributed by atoms with Gasteiger partial charge in [-0.1, -0.05) is 11.6 Å². The van der Waals surface area contributed by atoms with E-state index >= 15 is 0 Å². The van der Waals surface area contributed by atoms with Crippen LogP contribution in [0.3, 0.4) is 0 Å². The molecule has 1 saturated heterocycles. The van der Waals surface area contributed by atoms with Crippen molar-refractivity contribution in [3.8, 4) is 5.69 Å². The molecule has 0 saturated carbocycles. The van der Waals surface area contributed by atoms with Crippen LogP contribution in [0, 0.1) is 5.82 Å². The zero-order valence-corrected chi connectivity index (χ0v) is 19.6. The average Bonchev–Trinajstić information content (AvgIpc) is 3.15. The van der Waals surface area contributed by atoms with Gasteiger partial charge in [-0.25, -0.2) is 18.2 Å². The monoisotopic (exact) mass is 530 g/mol. The zero-order valence-electron chi connectivity index (χ0n) is 18.8. The van der Waals surface area contributed by atoms with E-state index in [0.29, 0.717) is 53.9 Å². The molecule has 4 heterocycles. The SMILES string of the molecule is Fc1ccc(N2CCC(c3nnc4n3-c3ccc(Cl)cc3CN(CC(F)(F)F)C4)CC2)nc1C(F)F. The van der Waals surface area contributed by atoms with Crippen LogP contribution in [0.1, 0.15) is 48.1 Å². The first-order valence-corrected chi connectivity index (χ1v) is 11.7. The molecule has 13 heteroatoms. The second-order valence-corrected chi connectivity index (χ2v) is 9.38. The van der Waals surface area contributed by atoms with Gasteiger partial charge in [0.2, 0.25) is 0 Å². The van der Waals surface area contributed by atoms with E-state index in [1.165, 1.54) is 11.0 Å². The summed E-state index contributed by atoms with van der Waals surface area (Å²) in [5.74, 6) is 0.179. The second-order valence-electron chi connectivity index (χ2n) is 8.94. The Morgan fingerprint density at radius 3 is 2.47 bits per heavy atom. The Balaban J connectivity index is 1.41. The molecule has 1 aromatic carbocycles. The molecule has 0 radical (unpaired) electrons. The van der Waals surface area contributed by atoms with Crippen molar-refractivity contribution >= 4 is 17.4 Å². The van der Waals surface area contributed by atoms with Gasteiger partial charge in [-0.05, 0) is 48.7 Å². The Morgan fingerprint density at radius 1 is 1.03 bits per heavy atom. The number of rotatable bonds is 4. The topological polar surface area (TPSA) is 50.1 Å². The van der Waals surface area contributed by atoms with Gasteiger partial charge < -0.3 is 4.90 Å². The third-order valence-corrected chi connectivity index (χ3v) is 6.68. The Morgan fingerprint density at radius 2 is 1.78 bits per heavy atom. The molecule has 2 aromatic heterocycles. The minimum Gasteiger partial charge on any atom is -0.357 e. The van der Waals surface area contributed by atoms with Crippen molar-refractivity contribution in [2.45, 2.75) is 44.5 Å². The average molecular weight is 531 g/mol. The summed E-state index contributed by atoms with van der Waals surface area (Å²) in [5, 5.41) is 9.00. The van der Waals surface area contributed by atoms with Crippen molar-refractivity contribution in [2.24, 2.45) is 0 Å². The van der Waals surface area contributed by atoms with Gasteiger partial charge in [-0.15, -0.1) is 10.2 Å². The predicted octanol–water partition coefficient (Wildman–Crippen LogP) is 5.65. The van der Waals surface area contributed by atoms with Gasteiger partial charge in [0.1, 0.15) is 17.3 Å². The third kappa shape index (κ3) is 5.01. The Hall–Kier alpha value is -2.86. The summed E-state index contributed by atoms with van der Waals surface area (Å²) in [6, 6.07) is 7.46. The van der Waals surface area contributed by atoms with Gasteiger partial charge in [-0.2, -0.15) is 13.2 Å². The third-order valence-electron chi connectivity index (χ3n) is 6.45. The van der Waals surface area contributed by atoms with Crippen molar-refractivity contribution in [2.75, 3.05) is 24.5 Å². The number of benzene rings is 1. The van der Waals surface area contributed by atoms with Crippen molar-refractivity contribution < 1.29 is 26.3 Å². The molecule has 2 aliphatic rings. The first kappa shape index (κ1) is 24.8. The van der Waals surface area contributed by atoms with Gasteiger partial charge in [0.05, 0.1) is 18.8 Å². The van der Waals surface area contributed by atoms with E-state index in [-0.39, 0.29) is 24.8 Å². The number of fused-ring (bicyclic) bond motifs is 3. The van der Waals surface area contributed by atoms with Crippen molar-refractivity contribution in [1.29, 1.82) is 0 Å². The predicted molar refractivity (Wildman–Crippen MR) is 120 cm³/mol. The van der Waals surface area contributed by atoms with Crippen LogP contribution in [-0.2, 0) is 13.1 Å². The molecular weight excluding hydrogens is 510 g/mol. The lowest BCUT2D eigenvalue weighted by Gasteiger charge is -2.32. The van der Waals surface area contributed by atoms with Crippen LogP contribution in [-0.4, -0.2) is 50.5 Å².